The second-order valence-corrected chi connectivity index (χ2v) is 10.6. The summed E-state index contributed by atoms with van der Waals surface area (Å²) in [6.07, 6.45) is 0.714. The molecule has 1 aliphatic heterocycles. The van der Waals surface area contributed by atoms with E-state index in [9.17, 15) is 22.8 Å². The van der Waals surface area contributed by atoms with Gasteiger partial charge < -0.3 is 19.2 Å². The number of likely N-dealkylation sites (N-methyl/N-ethyl adjacent to an activating group) is 1. The second-order valence-electron chi connectivity index (χ2n) is 10.6. The lowest BCUT2D eigenvalue weighted by molar-refractivity contribution is -0.137. The number of nitrogens with zero attached hydrogens (tertiary/aromatic N) is 7. The van der Waals surface area contributed by atoms with Gasteiger partial charge in [0.2, 0.25) is 5.78 Å². The van der Waals surface area contributed by atoms with Crippen LogP contribution in [0.4, 0.5) is 38.1 Å². The number of benzene rings is 2. The Morgan fingerprint density at radius 2 is 1.78 bits per heavy atom. The number of nitrogens with one attached hydrogen (secondary N) is 1. The number of imidazole rings is 1. The lowest BCUT2D eigenvalue weighted by Gasteiger charge is -2.28. The number of fused-ring (bicyclic) bond motifs is 4. The Morgan fingerprint density at radius 3 is 2.47 bits per heavy atom. The number of carbonyl (C=O) groups is 2. The van der Waals surface area contributed by atoms with Gasteiger partial charge in [-0.2, -0.15) is 23.0 Å². The van der Waals surface area contributed by atoms with Crippen LogP contribution in [0, 0.1) is 11.6 Å². The minimum absolute atomic E-state index is 0.00127. The number of hydrogen-bond donors (Lipinski definition) is 1. The molecule has 0 unspecified atom stereocenters. The van der Waals surface area contributed by atoms with E-state index in [4.69, 9.17) is 0 Å². The first-order chi connectivity index (χ1) is 21.4. The molecule has 0 radical (unpaired) electrons. The van der Waals surface area contributed by atoms with Gasteiger partial charge in [-0.3, -0.25) is 4.79 Å². The van der Waals surface area contributed by atoms with Crippen molar-refractivity contribution < 1.29 is 31.5 Å². The highest BCUT2D eigenvalue weighted by atomic mass is 19.4. The lowest BCUT2D eigenvalue weighted by atomic mass is 9.92. The first kappa shape index (κ1) is 28.2. The monoisotopic (exact) mass is 620 g/mol. The van der Waals surface area contributed by atoms with E-state index in [2.05, 4.69) is 20.4 Å². The molecule has 0 saturated carbocycles. The Hall–Kier alpha value is -5.60. The molecular formula is C30H21F5N8O2. The number of alkyl halides is 3. The zero-order valence-electron chi connectivity index (χ0n) is 23.5. The van der Waals surface area contributed by atoms with Crippen LogP contribution in [0.3, 0.4) is 0 Å². The van der Waals surface area contributed by atoms with Crippen molar-refractivity contribution >= 4 is 39.7 Å². The Morgan fingerprint density at radius 1 is 1.02 bits per heavy atom. The first-order valence-electron chi connectivity index (χ1n) is 13.5. The van der Waals surface area contributed by atoms with Gasteiger partial charge in [-0.15, -0.1) is 0 Å². The summed E-state index contributed by atoms with van der Waals surface area (Å²) < 4.78 is 77.9. The highest BCUT2D eigenvalue weighted by Crippen LogP contribution is 2.48. The molecular weight excluding hydrogens is 599 g/mol. The first-order valence-corrected chi connectivity index (χ1v) is 13.5. The van der Waals surface area contributed by atoms with Crippen LogP contribution in [0.2, 0.25) is 0 Å². The number of hydrogen-bond acceptors (Lipinski definition) is 6. The van der Waals surface area contributed by atoms with E-state index in [0.29, 0.717) is 40.8 Å². The number of aromatic nitrogens is 6. The minimum atomic E-state index is -4.72. The number of amides is 1. The average molecular weight is 621 g/mol. The van der Waals surface area contributed by atoms with Gasteiger partial charge >= 0.3 is 12.2 Å². The van der Waals surface area contributed by atoms with Crippen LogP contribution in [0.1, 0.15) is 27.2 Å². The van der Waals surface area contributed by atoms with Crippen molar-refractivity contribution in [1.29, 1.82) is 0 Å². The van der Waals surface area contributed by atoms with Crippen molar-refractivity contribution in [3.05, 3.63) is 95.6 Å². The van der Waals surface area contributed by atoms with E-state index in [0.717, 1.165) is 35.5 Å². The smallest absolute Gasteiger partial charge is 0.372 e. The summed E-state index contributed by atoms with van der Waals surface area (Å²) in [7, 11) is 3.31. The molecule has 15 heteroatoms. The molecule has 0 aliphatic carbocycles. The van der Waals surface area contributed by atoms with Crippen molar-refractivity contribution in [3.8, 4) is 11.1 Å². The fourth-order valence-corrected chi connectivity index (χ4v) is 5.87. The molecule has 0 spiro atoms. The normalized spacial score (nSPS) is 13.2. The molecule has 45 heavy (non-hydrogen) atoms. The molecule has 0 saturated heterocycles. The van der Waals surface area contributed by atoms with Crippen LogP contribution in [0.25, 0.3) is 27.7 Å². The number of ketones is 1. The number of pyridine rings is 1. The van der Waals surface area contributed by atoms with Crippen LogP contribution in [-0.2, 0) is 19.6 Å². The third-order valence-electron chi connectivity index (χ3n) is 7.93. The van der Waals surface area contributed by atoms with Gasteiger partial charge in [-0.1, -0.05) is 6.07 Å². The lowest BCUT2D eigenvalue weighted by Crippen LogP contribution is -2.24. The van der Waals surface area contributed by atoms with Crippen molar-refractivity contribution in [1.82, 2.24) is 28.7 Å². The van der Waals surface area contributed by atoms with Crippen LogP contribution < -0.4 is 10.2 Å². The molecule has 1 aliphatic rings. The Kier molecular flexibility index (Phi) is 6.24. The van der Waals surface area contributed by atoms with Crippen molar-refractivity contribution in [2.75, 3.05) is 23.8 Å². The quantitative estimate of drug-likeness (QED) is 0.202. The fourth-order valence-electron chi connectivity index (χ4n) is 5.87. The third-order valence-corrected chi connectivity index (χ3v) is 7.93. The van der Waals surface area contributed by atoms with Gasteiger partial charge in [0.15, 0.2) is 11.6 Å². The Bertz CT molecular complexity index is 2160. The number of aryl methyl sites for hydroxylation is 1. The third kappa shape index (κ3) is 4.41. The zero-order chi connectivity index (χ0) is 31.8. The number of rotatable bonds is 3. The van der Waals surface area contributed by atoms with E-state index >= 15 is 8.78 Å². The Labute approximate surface area is 250 Å². The standard InChI is InChI=1S/C30H21F5N8O2/c1-40-7-5-15-10-22(28(44)16-8-19(31)24(20(32)9-16)39-29(45)43-13-36-12-38-43)42-6-3-4-17(26(15)42)23-18(30(33,34)35)11-21-25(27(23)40)37-14-41(21)2/h3-4,6,8-14H,5,7H2,1-2H3,(H,39,45). The molecule has 2 aromatic carbocycles. The number of halogens is 5. The van der Waals surface area contributed by atoms with Crippen LogP contribution in [-0.4, -0.2) is 54.1 Å². The predicted octanol–water partition coefficient (Wildman–Crippen LogP) is 5.69. The molecule has 0 atom stereocenters. The van der Waals surface area contributed by atoms with Gasteiger partial charge in [0.1, 0.15) is 23.9 Å². The molecule has 0 bridgehead atoms. The fraction of sp³-hybridized carbons (Fsp3) is 0.167. The maximum Gasteiger partial charge on any atom is 0.417 e. The van der Waals surface area contributed by atoms with Gasteiger partial charge in [0, 0.05) is 43.5 Å². The molecule has 7 rings (SSSR count). The topological polar surface area (TPSA) is 102 Å². The summed E-state index contributed by atoms with van der Waals surface area (Å²) in [6.45, 7) is 0.297. The van der Waals surface area contributed by atoms with Crippen LogP contribution in [0.5, 0.6) is 0 Å². The summed E-state index contributed by atoms with van der Waals surface area (Å²) in [6, 6.07) is 6.27. The maximum atomic E-state index is 15.1. The van der Waals surface area contributed by atoms with E-state index in [-0.39, 0.29) is 22.4 Å². The summed E-state index contributed by atoms with van der Waals surface area (Å²) >= 11 is 0. The summed E-state index contributed by atoms with van der Waals surface area (Å²) in [4.78, 5) is 35.7. The number of anilines is 2. The molecule has 6 aromatic rings. The average Bonchev–Trinajstić information content (AvgIpc) is 3.75. The Balaban J connectivity index is 1.39. The SMILES string of the molecule is CN1CCc2cc(C(=O)c3cc(F)c(NC(=O)n4cncn4)c(F)c3)n3cccc(c23)-c2c(C(F)(F)F)cc3c(ncn3C)c21. The molecule has 10 nitrogen and oxygen atoms in total. The maximum absolute atomic E-state index is 15.1. The summed E-state index contributed by atoms with van der Waals surface area (Å²) in [5.74, 6) is -3.20. The number of carbonyl (C=O) groups excluding carboxylic acids is 2. The zero-order valence-corrected chi connectivity index (χ0v) is 23.5. The minimum Gasteiger partial charge on any atom is -0.372 e. The summed E-state index contributed by atoms with van der Waals surface area (Å²) in [5.41, 5.74) is 0.116. The molecule has 1 N–H and O–H groups in total. The molecule has 5 heterocycles. The van der Waals surface area contributed by atoms with Crippen molar-refractivity contribution in [2.45, 2.75) is 12.6 Å². The molecule has 228 valence electrons. The van der Waals surface area contributed by atoms with Gasteiger partial charge in [-0.25, -0.2) is 23.5 Å². The molecule has 0 fully saturated rings. The highest BCUT2D eigenvalue weighted by molar-refractivity contribution is 6.11. The van der Waals surface area contributed by atoms with Gasteiger partial charge in [0.05, 0.1) is 34.3 Å². The van der Waals surface area contributed by atoms with E-state index in [1.54, 1.807) is 25.1 Å². The van der Waals surface area contributed by atoms with Crippen LogP contribution >= 0.6 is 0 Å². The van der Waals surface area contributed by atoms with Gasteiger partial charge in [0.25, 0.3) is 0 Å². The predicted molar refractivity (Wildman–Crippen MR) is 153 cm³/mol. The van der Waals surface area contributed by atoms with E-state index < -0.39 is 40.9 Å². The molecule has 1 amide bonds. The van der Waals surface area contributed by atoms with Crippen molar-refractivity contribution in [3.63, 3.8) is 0 Å². The van der Waals surface area contributed by atoms with Gasteiger partial charge in [-0.05, 0) is 42.3 Å². The second kappa shape index (κ2) is 9.97. The van der Waals surface area contributed by atoms with E-state index in [1.165, 1.54) is 33.6 Å². The van der Waals surface area contributed by atoms with Crippen molar-refractivity contribution in [2.24, 2.45) is 7.05 Å². The largest absolute Gasteiger partial charge is 0.417 e. The van der Waals surface area contributed by atoms with E-state index in [1.807, 2.05) is 0 Å². The highest BCUT2D eigenvalue weighted by Gasteiger charge is 2.39. The summed E-state index contributed by atoms with van der Waals surface area (Å²) in [5, 5.41) is 5.65. The molecule has 4 aromatic heterocycles. The van der Waals surface area contributed by atoms with Crippen LogP contribution in [0.15, 0.2) is 61.6 Å².